The Balaban J connectivity index is 1.95. The van der Waals surface area contributed by atoms with E-state index in [4.69, 9.17) is 15.2 Å². The standard InChI is InChI=1S/C16H25N3O3/c1-16(2,3)22-15(20)19-8-7-12(10-19)18-13-6-5-11(17)9-14(13)21-4/h5-6,9,12,18H,7-8,10,17H2,1-4H3/t12-/m0/s1. The number of methoxy groups -OCH3 is 1. The summed E-state index contributed by atoms with van der Waals surface area (Å²) in [6.45, 7) is 6.91. The highest BCUT2D eigenvalue weighted by molar-refractivity contribution is 5.69. The van der Waals surface area contributed by atoms with Crippen molar-refractivity contribution >= 4 is 17.5 Å². The first-order chi connectivity index (χ1) is 10.3. The molecule has 1 saturated heterocycles. The van der Waals surface area contributed by atoms with E-state index in [0.29, 0.717) is 24.5 Å². The van der Waals surface area contributed by atoms with Crippen molar-refractivity contribution in [3.05, 3.63) is 18.2 Å². The van der Waals surface area contributed by atoms with Gasteiger partial charge in [0.15, 0.2) is 0 Å². The van der Waals surface area contributed by atoms with Crippen molar-refractivity contribution in [2.45, 2.75) is 38.8 Å². The van der Waals surface area contributed by atoms with E-state index in [0.717, 1.165) is 12.1 Å². The second kappa shape index (κ2) is 6.34. The zero-order valence-electron chi connectivity index (χ0n) is 13.7. The second-order valence-corrected chi connectivity index (χ2v) is 6.52. The van der Waals surface area contributed by atoms with E-state index in [-0.39, 0.29) is 12.1 Å². The van der Waals surface area contributed by atoms with Crippen LogP contribution in [0, 0.1) is 0 Å². The van der Waals surface area contributed by atoms with Crippen LogP contribution in [-0.2, 0) is 4.74 Å². The summed E-state index contributed by atoms with van der Waals surface area (Å²) in [7, 11) is 1.61. The third-order valence-electron chi connectivity index (χ3n) is 3.43. The Hall–Kier alpha value is -2.11. The monoisotopic (exact) mass is 307 g/mol. The maximum atomic E-state index is 12.1. The normalized spacial score (nSPS) is 18.2. The van der Waals surface area contributed by atoms with E-state index in [9.17, 15) is 4.79 Å². The minimum atomic E-state index is -0.469. The fourth-order valence-corrected chi connectivity index (χ4v) is 2.42. The Morgan fingerprint density at radius 3 is 2.77 bits per heavy atom. The largest absolute Gasteiger partial charge is 0.495 e. The molecule has 1 heterocycles. The number of amides is 1. The molecule has 2 rings (SSSR count). The lowest BCUT2D eigenvalue weighted by molar-refractivity contribution is 0.0293. The number of likely N-dealkylation sites (tertiary alicyclic amines) is 1. The number of ether oxygens (including phenoxy) is 2. The number of carbonyl (C=O) groups excluding carboxylic acids is 1. The van der Waals surface area contributed by atoms with Crippen LogP contribution in [0.15, 0.2) is 18.2 Å². The van der Waals surface area contributed by atoms with Gasteiger partial charge >= 0.3 is 6.09 Å². The van der Waals surface area contributed by atoms with E-state index in [1.54, 1.807) is 18.1 Å². The first kappa shape index (κ1) is 16.3. The summed E-state index contributed by atoms with van der Waals surface area (Å²) in [6.07, 6.45) is 0.605. The number of anilines is 2. The van der Waals surface area contributed by atoms with Crippen molar-refractivity contribution in [2.24, 2.45) is 0 Å². The van der Waals surface area contributed by atoms with Crippen LogP contribution in [0.1, 0.15) is 27.2 Å². The number of hydrogen-bond acceptors (Lipinski definition) is 5. The zero-order chi connectivity index (χ0) is 16.3. The highest BCUT2D eigenvalue weighted by Gasteiger charge is 2.30. The Bertz CT molecular complexity index is 540. The van der Waals surface area contributed by atoms with E-state index >= 15 is 0 Å². The summed E-state index contributed by atoms with van der Waals surface area (Å²) in [5.74, 6) is 0.704. The number of nitrogens with one attached hydrogen (secondary N) is 1. The lowest BCUT2D eigenvalue weighted by atomic mass is 10.2. The van der Waals surface area contributed by atoms with E-state index < -0.39 is 5.60 Å². The minimum absolute atomic E-state index is 0.171. The van der Waals surface area contributed by atoms with E-state index in [1.165, 1.54) is 0 Å². The summed E-state index contributed by atoms with van der Waals surface area (Å²) < 4.78 is 10.7. The number of nitrogen functional groups attached to an aromatic ring is 1. The van der Waals surface area contributed by atoms with Crippen LogP contribution in [0.5, 0.6) is 5.75 Å². The van der Waals surface area contributed by atoms with Crippen LogP contribution in [-0.4, -0.2) is 42.8 Å². The number of rotatable bonds is 3. The predicted octanol–water partition coefficient (Wildman–Crippen LogP) is 2.70. The lowest BCUT2D eigenvalue weighted by Gasteiger charge is -2.24. The third-order valence-corrected chi connectivity index (χ3v) is 3.43. The summed E-state index contributed by atoms with van der Waals surface area (Å²) in [6, 6.07) is 5.67. The Morgan fingerprint density at radius 1 is 1.41 bits per heavy atom. The maximum absolute atomic E-state index is 12.1. The van der Waals surface area contributed by atoms with Gasteiger partial charge in [-0.2, -0.15) is 0 Å². The smallest absolute Gasteiger partial charge is 0.410 e. The van der Waals surface area contributed by atoms with Crippen LogP contribution in [0.25, 0.3) is 0 Å². The Morgan fingerprint density at radius 2 is 2.14 bits per heavy atom. The molecule has 1 fully saturated rings. The van der Waals surface area contributed by atoms with Crippen LogP contribution in [0.4, 0.5) is 16.2 Å². The van der Waals surface area contributed by atoms with Gasteiger partial charge in [-0.15, -0.1) is 0 Å². The zero-order valence-corrected chi connectivity index (χ0v) is 13.7. The summed E-state index contributed by atoms with van der Waals surface area (Å²) in [5, 5.41) is 3.41. The molecule has 0 aliphatic carbocycles. The molecule has 122 valence electrons. The van der Waals surface area contributed by atoms with Crippen LogP contribution in [0.2, 0.25) is 0 Å². The topological polar surface area (TPSA) is 76.8 Å². The summed E-state index contributed by atoms with van der Waals surface area (Å²) in [4.78, 5) is 13.8. The highest BCUT2D eigenvalue weighted by atomic mass is 16.6. The number of carbonyl (C=O) groups is 1. The molecule has 1 aromatic rings. The van der Waals surface area contributed by atoms with Crippen LogP contribution < -0.4 is 15.8 Å². The molecule has 0 unspecified atom stereocenters. The van der Waals surface area contributed by atoms with Crippen LogP contribution in [0.3, 0.4) is 0 Å². The van der Waals surface area contributed by atoms with Crippen molar-refractivity contribution < 1.29 is 14.3 Å². The Kier molecular flexibility index (Phi) is 4.68. The molecule has 6 nitrogen and oxygen atoms in total. The molecule has 0 saturated carbocycles. The fraction of sp³-hybridized carbons (Fsp3) is 0.562. The molecular formula is C16H25N3O3. The molecule has 3 N–H and O–H groups in total. The predicted molar refractivity (Wildman–Crippen MR) is 87.2 cm³/mol. The van der Waals surface area contributed by atoms with Gasteiger partial charge in [0.25, 0.3) is 0 Å². The van der Waals surface area contributed by atoms with E-state index in [1.807, 2.05) is 32.9 Å². The van der Waals surface area contributed by atoms with Gasteiger partial charge in [-0.1, -0.05) is 0 Å². The summed E-state index contributed by atoms with van der Waals surface area (Å²) >= 11 is 0. The van der Waals surface area contributed by atoms with Gasteiger partial charge in [-0.3, -0.25) is 0 Å². The first-order valence-electron chi connectivity index (χ1n) is 7.46. The molecule has 0 radical (unpaired) electrons. The van der Waals surface area contributed by atoms with Crippen molar-refractivity contribution in [1.29, 1.82) is 0 Å². The number of nitrogens with two attached hydrogens (primary N) is 1. The highest BCUT2D eigenvalue weighted by Crippen LogP contribution is 2.28. The van der Waals surface area contributed by atoms with E-state index in [2.05, 4.69) is 5.32 Å². The maximum Gasteiger partial charge on any atom is 0.410 e. The van der Waals surface area contributed by atoms with Crippen molar-refractivity contribution in [3.8, 4) is 5.75 Å². The van der Waals surface area contributed by atoms with Crippen molar-refractivity contribution in [3.63, 3.8) is 0 Å². The Labute approximate surface area is 131 Å². The minimum Gasteiger partial charge on any atom is -0.495 e. The molecule has 0 spiro atoms. The fourth-order valence-electron chi connectivity index (χ4n) is 2.42. The van der Waals surface area contributed by atoms with Gasteiger partial charge in [0, 0.05) is 30.9 Å². The average Bonchev–Trinajstić information content (AvgIpc) is 2.87. The quantitative estimate of drug-likeness (QED) is 0.840. The second-order valence-electron chi connectivity index (χ2n) is 6.52. The number of benzene rings is 1. The van der Waals surface area contributed by atoms with Gasteiger partial charge in [-0.25, -0.2) is 4.79 Å². The first-order valence-corrected chi connectivity index (χ1v) is 7.46. The molecule has 0 bridgehead atoms. The molecule has 22 heavy (non-hydrogen) atoms. The molecule has 1 amide bonds. The lowest BCUT2D eigenvalue weighted by Crippen LogP contribution is -2.36. The molecular weight excluding hydrogens is 282 g/mol. The third kappa shape index (κ3) is 4.19. The molecule has 6 heteroatoms. The van der Waals surface area contributed by atoms with Gasteiger partial charge in [0.1, 0.15) is 11.4 Å². The molecule has 0 aromatic heterocycles. The van der Waals surface area contributed by atoms with Gasteiger partial charge < -0.3 is 25.4 Å². The SMILES string of the molecule is COc1cc(N)ccc1N[C@H]1CCN(C(=O)OC(C)(C)C)C1. The number of nitrogens with zero attached hydrogens (tertiary/aromatic N) is 1. The van der Waals surface area contributed by atoms with Gasteiger partial charge in [-0.05, 0) is 39.3 Å². The van der Waals surface area contributed by atoms with Crippen molar-refractivity contribution in [2.75, 3.05) is 31.2 Å². The van der Waals surface area contributed by atoms with Crippen LogP contribution >= 0.6 is 0 Å². The number of hydrogen-bond donors (Lipinski definition) is 2. The molecule has 1 aliphatic rings. The van der Waals surface area contributed by atoms with Gasteiger partial charge in [0.05, 0.1) is 12.8 Å². The molecule has 1 aliphatic heterocycles. The summed E-state index contributed by atoms with van der Waals surface area (Å²) in [5.41, 5.74) is 6.82. The van der Waals surface area contributed by atoms with Gasteiger partial charge in [0.2, 0.25) is 0 Å². The van der Waals surface area contributed by atoms with Crippen molar-refractivity contribution in [1.82, 2.24) is 4.90 Å². The molecule has 1 atom stereocenters. The molecule has 1 aromatic carbocycles. The average molecular weight is 307 g/mol.